The third-order valence-electron chi connectivity index (χ3n) is 4.69. The van der Waals surface area contributed by atoms with E-state index >= 15 is 0 Å². The Labute approximate surface area is 198 Å². The number of nitrogens with zero attached hydrogens (tertiary/aromatic N) is 3. The second-order valence-corrected chi connectivity index (χ2v) is 8.08. The van der Waals surface area contributed by atoms with Crippen molar-refractivity contribution in [3.63, 3.8) is 0 Å². The van der Waals surface area contributed by atoms with Gasteiger partial charge in [0.2, 0.25) is 0 Å². The normalized spacial score (nSPS) is 12.5. The van der Waals surface area contributed by atoms with Crippen LogP contribution in [0.1, 0.15) is 24.4 Å². The first-order valence-electron chi connectivity index (χ1n) is 10.3. The molecule has 8 nitrogen and oxygen atoms in total. The quantitative estimate of drug-likeness (QED) is 0.211. The molecule has 0 fully saturated rings. The van der Waals surface area contributed by atoms with Gasteiger partial charge in [-0.25, -0.2) is 9.78 Å². The fraction of sp³-hybridized carbons (Fsp3) is 0.409. The van der Waals surface area contributed by atoms with Gasteiger partial charge in [0.15, 0.2) is 18.0 Å². The Hall–Kier alpha value is -2.99. The zero-order chi connectivity index (χ0) is 24.7. The maximum atomic E-state index is 12.5. The molecule has 1 aromatic carbocycles. The number of halogens is 3. The summed E-state index contributed by atoms with van der Waals surface area (Å²) in [5.74, 6) is 0.426. The Morgan fingerprint density at radius 2 is 1.97 bits per heavy atom. The third kappa shape index (κ3) is 6.76. The standard InChI is InChI=1S/C22H24F3N3O5S/c1-14-17(26-9-8-19(14)32-13-22(23,24)25)12-34-20-27-16-6-4-5-7-18(16)28(20)15(2)33-21(29)31-11-10-30-3/h4-9,15H,10-13H2,1-3H3. The molecule has 0 radical (unpaired) electrons. The highest BCUT2D eigenvalue weighted by Crippen LogP contribution is 2.32. The number of hydrogen-bond acceptors (Lipinski definition) is 8. The van der Waals surface area contributed by atoms with Gasteiger partial charge >= 0.3 is 12.3 Å². The average Bonchev–Trinajstić information content (AvgIpc) is 3.15. The number of carbonyl (C=O) groups excluding carboxylic acids is 1. The van der Waals surface area contributed by atoms with E-state index in [-0.39, 0.29) is 19.0 Å². The van der Waals surface area contributed by atoms with Crippen LogP contribution in [0.5, 0.6) is 5.75 Å². The van der Waals surface area contributed by atoms with Crippen molar-refractivity contribution in [2.24, 2.45) is 0 Å². The van der Waals surface area contributed by atoms with E-state index in [0.29, 0.717) is 27.7 Å². The maximum Gasteiger partial charge on any atom is 0.510 e. The molecule has 184 valence electrons. The zero-order valence-electron chi connectivity index (χ0n) is 18.8. The largest absolute Gasteiger partial charge is 0.510 e. The lowest BCUT2D eigenvalue weighted by Gasteiger charge is -2.18. The Kier molecular flexibility index (Phi) is 8.61. The second-order valence-electron chi connectivity index (χ2n) is 7.13. The summed E-state index contributed by atoms with van der Waals surface area (Å²) in [5, 5.41) is 0.543. The predicted molar refractivity (Wildman–Crippen MR) is 119 cm³/mol. The van der Waals surface area contributed by atoms with E-state index in [4.69, 9.17) is 18.9 Å². The summed E-state index contributed by atoms with van der Waals surface area (Å²) < 4.78 is 59.5. The summed E-state index contributed by atoms with van der Waals surface area (Å²) in [4.78, 5) is 20.9. The van der Waals surface area contributed by atoms with Gasteiger partial charge in [0, 0.05) is 24.6 Å². The van der Waals surface area contributed by atoms with Gasteiger partial charge in [0.1, 0.15) is 12.4 Å². The van der Waals surface area contributed by atoms with Crippen molar-refractivity contribution in [1.82, 2.24) is 14.5 Å². The number of benzene rings is 1. The fourth-order valence-corrected chi connectivity index (χ4v) is 4.17. The minimum absolute atomic E-state index is 0.0615. The number of fused-ring (bicyclic) bond motifs is 1. The molecule has 2 heterocycles. The van der Waals surface area contributed by atoms with Crippen LogP contribution in [-0.2, 0) is 20.0 Å². The molecule has 2 aromatic heterocycles. The van der Waals surface area contributed by atoms with Crippen LogP contribution in [0.3, 0.4) is 0 Å². The number of thioether (sulfide) groups is 1. The highest BCUT2D eigenvalue weighted by Gasteiger charge is 2.29. The van der Waals surface area contributed by atoms with Crippen molar-refractivity contribution < 1.29 is 36.9 Å². The third-order valence-corrected chi connectivity index (χ3v) is 5.65. The zero-order valence-corrected chi connectivity index (χ0v) is 19.6. The molecular weight excluding hydrogens is 475 g/mol. The van der Waals surface area contributed by atoms with E-state index in [1.807, 2.05) is 24.3 Å². The monoisotopic (exact) mass is 499 g/mol. The SMILES string of the molecule is COCCOC(=O)OC(C)n1c(SCc2nccc(OCC(F)(F)F)c2C)nc2ccccc21. The lowest BCUT2D eigenvalue weighted by molar-refractivity contribution is -0.153. The second kappa shape index (κ2) is 11.4. The molecule has 0 spiro atoms. The van der Waals surface area contributed by atoms with E-state index in [9.17, 15) is 18.0 Å². The molecule has 0 aliphatic rings. The lowest BCUT2D eigenvalue weighted by atomic mass is 10.2. The summed E-state index contributed by atoms with van der Waals surface area (Å²) >= 11 is 1.31. The molecular formula is C22H24F3N3O5S. The van der Waals surface area contributed by atoms with Crippen LogP contribution in [0.25, 0.3) is 11.0 Å². The van der Waals surface area contributed by atoms with Crippen LogP contribution in [0.4, 0.5) is 18.0 Å². The number of para-hydroxylation sites is 2. The van der Waals surface area contributed by atoms with E-state index < -0.39 is 25.2 Å². The maximum absolute atomic E-state index is 12.5. The van der Waals surface area contributed by atoms with Crippen LogP contribution in [0.15, 0.2) is 41.7 Å². The minimum atomic E-state index is -4.43. The first kappa shape index (κ1) is 25.6. The molecule has 1 unspecified atom stereocenters. The van der Waals surface area contributed by atoms with Crippen molar-refractivity contribution in [3.05, 3.63) is 47.8 Å². The molecule has 3 aromatic rings. The van der Waals surface area contributed by atoms with Gasteiger partial charge in [0.05, 0.1) is 23.3 Å². The number of imidazole rings is 1. The van der Waals surface area contributed by atoms with E-state index in [2.05, 4.69) is 9.97 Å². The number of alkyl halides is 3. The van der Waals surface area contributed by atoms with E-state index in [0.717, 1.165) is 5.52 Å². The lowest BCUT2D eigenvalue weighted by Crippen LogP contribution is -2.19. The van der Waals surface area contributed by atoms with Crippen molar-refractivity contribution in [1.29, 1.82) is 0 Å². The number of aromatic nitrogens is 3. The molecule has 0 amide bonds. The van der Waals surface area contributed by atoms with Gasteiger partial charge in [-0.2, -0.15) is 13.2 Å². The number of ether oxygens (including phenoxy) is 4. The molecule has 0 saturated heterocycles. The summed E-state index contributed by atoms with van der Waals surface area (Å²) in [6.07, 6.45) is -4.61. The average molecular weight is 500 g/mol. The van der Waals surface area contributed by atoms with Crippen LogP contribution >= 0.6 is 11.8 Å². The smallest absolute Gasteiger partial charge is 0.484 e. The van der Waals surface area contributed by atoms with Gasteiger partial charge in [-0.1, -0.05) is 23.9 Å². The number of methoxy groups -OCH3 is 1. The van der Waals surface area contributed by atoms with Crippen LogP contribution in [0, 0.1) is 6.92 Å². The summed E-state index contributed by atoms with van der Waals surface area (Å²) in [5.41, 5.74) is 2.50. The Bertz CT molecular complexity index is 1120. The van der Waals surface area contributed by atoms with Crippen molar-refractivity contribution in [2.45, 2.75) is 37.2 Å². The molecule has 34 heavy (non-hydrogen) atoms. The van der Waals surface area contributed by atoms with Crippen LogP contribution in [-0.4, -0.2) is 53.8 Å². The molecule has 0 bridgehead atoms. The number of pyridine rings is 1. The van der Waals surface area contributed by atoms with Gasteiger partial charge in [-0.05, 0) is 32.0 Å². The molecule has 3 rings (SSSR count). The molecule has 1 atom stereocenters. The van der Waals surface area contributed by atoms with Gasteiger partial charge in [-0.3, -0.25) is 9.55 Å². The van der Waals surface area contributed by atoms with Crippen LogP contribution < -0.4 is 4.74 Å². The first-order valence-corrected chi connectivity index (χ1v) is 11.2. The topological polar surface area (TPSA) is 84.7 Å². The molecule has 0 aliphatic heterocycles. The number of hydrogen-bond donors (Lipinski definition) is 0. The minimum Gasteiger partial charge on any atom is -0.484 e. The molecule has 12 heteroatoms. The summed E-state index contributed by atoms with van der Waals surface area (Å²) in [6, 6.07) is 8.75. The Morgan fingerprint density at radius 3 is 2.71 bits per heavy atom. The first-order chi connectivity index (χ1) is 16.2. The molecule has 0 saturated carbocycles. The van der Waals surface area contributed by atoms with Gasteiger partial charge < -0.3 is 18.9 Å². The number of rotatable bonds is 10. The van der Waals surface area contributed by atoms with E-state index in [1.165, 1.54) is 31.1 Å². The predicted octanol–water partition coefficient (Wildman–Crippen LogP) is 5.29. The van der Waals surface area contributed by atoms with Crippen molar-refractivity contribution in [2.75, 3.05) is 26.9 Å². The molecule has 0 aliphatic carbocycles. The van der Waals surface area contributed by atoms with Crippen molar-refractivity contribution >= 4 is 29.0 Å². The Morgan fingerprint density at radius 1 is 1.21 bits per heavy atom. The highest BCUT2D eigenvalue weighted by atomic mass is 32.2. The fourth-order valence-electron chi connectivity index (χ4n) is 3.06. The van der Waals surface area contributed by atoms with Crippen LogP contribution in [0.2, 0.25) is 0 Å². The van der Waals surface area contributed by atoms with Gasteiger partial charge in [0.25, 0.3) is 0 Å². The highest BCUT2D eigenvalue weighted by molar-refractivity contribution is 7.98. The summed E-state index contributed by atoms with van der Waals surface area (Å²) in [7, 11) is 1.49. The van der Waals surface area contributed by atoms with Gasteiger partial charge in [-0.15, -0.1) is 0 Å². The summed E-state index contributed by atoms with van der Waals surface area (Å²) in [6.45, 7) is 2.27. The number of carbonyl (C=O) groups is 1. The Balaban J connectivity index is 1.78. The van der Waals surface area contributed by atoms with Crippen molar-refractivity contribution in [3.8, 4) is 5.75 Å². The van der Waals surface area contributed by atoms with E-state index in [1.54, 1.807) is 18.4 Å². The molecule has 0 N–H and O–H groups in total.